The first-order chi connectivity index (χ1) is 25.4. The number of anilines is 3. The maximum absolute atomic E-state index is 14.8. The molecule has 52 heavy (non-hydrogen) atoms. The Bertz CT molecular complexity index is 2520. The summed E-state index contributed by atoms with van der Waals surface area (Å²) < 4.78 is 31.9. The minimum atomic E-state index is -3.76. The van der Waals surface area contributed by atoms with Crippen LogP contribution in [0.2, 0.25) is 0 Å². The van der Waals surface area contributed by atoms with Crippen LogP contribution in [0.1, 0.15) is 50.7 Å². The Morgan fingerprint density at radius 1 is 0.538 bits per heavy atom. The maximum Gasteiger partial charge on any atom is 0.207 e. The number of sulfone groups is 1. The van der Waals surface area contributed by atoms with Crippen molar-refractivity contribution in [1.82, 2.24) is 4.57 Å². The third-order valence-electron chi connectivity index (χ3n) is 12.6. The molecule has 2 fully saturated rings. The van der Waals surface area contributed by atoms with Gasteiger partial charge in [-0.3, -0.25) is 0 Å². The molecule has 0 radical (unpaired) electrons. The molecule has 7 aromatic rings. The second-order valence-corrected chi connectivity index (χ2v) is 17.5. The first-order valence-corrected chi connectivity index (χ1v) is 20.3. The van der Waals surface area contributed by atoms with Gasteiger partial charge < -0.3 is 9.47 Å². The molecule has 1 aliphatic heterocycles. The monoisotopic (exact) mass is 698 g/mol. The van der Waals surface area contributed by atoms with Crippen LogP contribution in [0.5, 0.6) is 0 Å². The van der Waals surface area contributed by atoms with Crippen molar-refractivity contribution in [2.75, 3.05) is 4.90 Å². The van der Waals surface area contributed by atoms with Gasteiger partial charge >= 0.3 is 0 Å². The number of benzene rings is 6. The van der Waals surface area contributed by atoms with Gasteiger partial charge in [-0.15, -0.1) is 0 Å². The zero-order valence-electron chi connectivity index (χ0n) is 29.6. The highest BCUT2D eigenvalue weighted by Crippen LogP contribution is 2.64. The van der Waals surface area contributed by atoms with Gasteiger partial charge in [-0.05, 0) is 127 Å². The molecule has 4 nitrogen and oxygen atoms in total. The van der Waals surface area contributed by atoms with E-state index in [1.165, 1.54) is 21.8 Å². The molecule has 1 spiro atoms. The predicted octanol–water partition coefficient (Wildman–Crippen LogP) is 11.8. The van der Waals surface area contributed by atoms with Gasteiger partial charge in [-0.2, -0.15) is 0 Å². The molecule has 0 unspecified atom stereocenters. The van der Waals surface area contributed by atoms with Gasteiger partial charge in [0.15, 0.2) is 0 Å². The van der Waals surface area contributed by atoms with E-state index in [2.05, 4.69) is 126 Å². The lowest BCUT2D eigenvalue weighted by molar-refractivity contribution is 0.0231. The Kier molecular flexibility index (Phi) is 7.10. The molecule has 2 aliphatic carbocycles. The molecule has 0 amide bonds. The number of hydrogen-bond acceptors (Lipinski definition) is 3. The molecule has 2 heterocycles. The van der Waals surface area contributed by atoms with Crippen molar-refractivity contribution in [2.45, 2.75) is 54.7 Å². The van der Waals surface area contributed by atoms with Crippen LogP contribution in [0.15, 0.2) is 155 Å². The predicted molar refractivity (Wildman–Crippen MR) is 212 cm³/mol. The fourth-order valence-corrected chi connectivity index (χ4v) is 12.6. The number of rotatable bonds is 4. The van der Waals surface area contributed by atoms with Crippen LogP contribution in [0.4, 0.5) is 17.1 Å². The second kappa shape index (κ2) is 11.7. The molecule has 0 atom stereocenters. The standard InChI is InChI=1S/C47H42N2O2S/c1-31-26-33-28-32(2)29-34(27-31)47(33)41-16-8-11-19-45(41)52(50,51)46-30-38(24-25-42(46)47)48(35-12-4-3-5-13-35)36-20-22-37(23-21-36)49-43-17-9-6-14-39(43)40-15-7-10-18-44(40)49/h3-25,30-34H,26-29H2,1-2H3/t31-,32+,33+,34-,47?. The van der Waals surface area contributed by atoms with Crippen LogP contribution in [0.25, 0.3) is 27.5 Å². The summed E-state index contributed by atoms with van der Waals surface area (Å²) in [6.45, 7) is 4.78. The van der Waals surface area contributed by atoms with Crippen LogP contribution in [0, 0.1) is 23.7 Å². The van der Waals surface area contributed by atoms with E-state index in [0.29, 0.717) is 33.5 Å². The highest BCUT2D eigenvalue weighted by molar-refractivity contribution is 7.91. The van der Waals surface area contributed by atoms with Gasteiger partial charge in [-0.1, -0.05) is 92.7 Å². The third kappa shape index (κ3) is 4.48. The van der Waals surface area contributed by atoms with E-state index in [0.717, 1.165) is 59.6 Å². The number of hydrogen-bond donors (Lipinski definition) is 0. The normalized spacial score (nSPS) is 24.4. The van der Waals surface area contributed by atoms with E-state index in [9.17, 15) is 8.42 Å². The molecule has 2 bridgehead atoms. The average Bonchev–Trinajstić information content (AvgIpc) is 3.50. The Morgan fingerprint density at radius 3 is 1.67 bits per heavy atom. The smallest absolute Gasteiger partial charge is 0.207 e. The molecular weight excluding hydrogens is 657 g/mol. The Balaban J connectivity index is 1.15. The Morgan fingerprint density at radius 2 is 1.04 bits per heavy atom. The summed E-state index contributed by atoms with van der Waals surface area (Å²) in [7, 11) is -3.76. The van der Waals surface area contributed by atoms with Crippen LogP contribution in [0.3, 0.4) is 0 Å². The van der Waals surface area contributed by atoms with E-state index in [1.54, 1.807) is 0 Å². The molecule has 6 aromatic carbocycles. The number of aromatic nitrogens is 1. The van der Waals surface area contributed by atoms with Gasteiger partial charge in [0.25, 0.3) is 0 Å². The summed E-state index contributed by atoms with van der Waals surface area (Å²) in [6, 6.07) is 50.4. The zero-order chi connectivity index (χ0) is 35.2. The lowest BCUT2D eigenvalue weighted by Gasteiger charge is -2.59. The largest absolute Gasteiger partial charge is 0.310 e. The summed E-state index contributed by atoms with van der Waals surface area (Å²) in [5.41, 5.74) is 7.95. The lowest BCUT2D eigenvalue weighted by atomic mass is 9.46. The third-order valence-corrected chi connectivity index (χ3v) is 14.4. The molecule has 0 N–H and O–H groups in total. The zero-order valence-corrected chi connectivity index (χ0v) is 30.4. The molecule has 3 aliphatic rings. The molecule has 2 saturated carbocycles. The molecule has 0 saturated heterocycles. The first-order valence-electron chi connectivity index (χ1n) is 18.8. The quantitative estimate of drug-likeness (QED) is 0.184. The van der Waals surface area contributed by atoms with E-state index >= 15 is 0 Å². The van der Waals surface area contributed by atoms with E-state index in [4.69, 9.17) is 0 Å². The summed E-state index contributed by atoms with van der Waals surface area (Å²) in [4.78, 5) is 3.18. The van der Waals surface area contributed by atoms with Crippen molar-refractivity contribution >= 4 is 48.7 Å². The maximum atomic E-state index is 14.8. The summed E-state index contributed by atoms with van der Waals surface area (Å²) in [5.74, 6) is 2.09. The Labute approximate surface area is 306 Å². The Hall–Kier alpha value is -5.13. The van der Waals surface area contributed by atoms with Gasteiger partial charge in [0.1, 0.15) is 0 Å². The fraction of sp³-hybridized carbons (Fsp3) is 0.234. The molecule has 1 aromatic heterocycles. The van der Waals surface area contributed by atoms with Crippen molar-refractivity contribution in [3.63, 3.8) is 0 Å². The van der Waals surface area contributed by atoms with Crippen LogP contribution in [-0.2, 0) is 15.3 Å². The number of fused-ring (bicyclic) bond motifs is 5. The van der Waals surface area contributed by atoms with Gasteiger partial charge in [0.2, 0.25) is 9.84 Å². The highest BCUT2D eigenvalue weighted by atomic mass is 32.2. The van der Waals surface area contributed by atoms with Crippen molar-refractivity contribution in [1.29, 1.82) is 0 Å². The molecule has 10 rings (SSSR count). The van der Waals surface area contributed by atoms with Gasteiger partial charge in [0.05, 0.1) is 20.8 Å². The molecule has 258 valence electrons. The topological polar surface area (TPSA) is 42.3 Å². The first kappa shape index (κ1) is 31.6. The van der Waals surface area contributed by atoms with Gasteiger partial charge in [-0.25, -0.2) is 8.42 Å². The lowest BCUT2D eigenvalue weighted by Crippen LogP contribution is -2.54. The van der Waals surface area contributed by atoms with E-state index in [1.807, 2.05) is 42.5 Å². The van der Waals surface area contributed by atoms with Crippen molar-refractivity contribution in [2.24, 2.45) is 23.7 Å². The van der Waals surface area contributed by atoms with E-state index < -0.39 is 9.84 Å². The molecule has 5 heteroatoms. The number of nitrogens with zero attached hydrogens (tertiary/aromatic N) is 2. The summed E-state index contributed by atoms with van der Waals surface area (Å²) in [5, 5.41) is 2.46. The summed E-state index contributed by atoms with van der Waals surface area (Å²) >= 11 is 0. The second-order valence-electron chi connectivity index (χ2n) is 15.7. The highest BCUT2D eigenvalue weighted by Gasteiger charge is 2.59. The number of para-hydroxylation sites is 3. The average molecular weight is 699 g/mol. The van der Waals surface area contributed by atoms with Crippen LogP contribution in [-0.4, -0.2) is 13.0 Å². The fourth-order valence-electron chi connectivity index (χ4n) is 10.8. The van der Waals surface area contributed by atoms with Crippen molar-refractivity contribution in [3.05, 3.63) is 157 Å². The van der Waals surface area contributed by atoms with Gasteiger partial charge in [0, 0.05) is 38.9 Å². The summed E-state index contributed by atoms with van der Waals surface area (Å²) in [6.07, 6.45) is 4.52. The van der Waals surface area contributed by atoms with Crippen molar-refractivity contribution < 1.29 is 8.42 Å². The van der Waals surface area contributed by atoms with Crippen molar-refractivity contribution in [3.8, 4) is 5.69 Å². The van der Waals surface area contributed by atoms with Crippen LogP contribution >= 0.6 is 0 Å². The SMILES string of the molecule is C[C@H]1C[C@@H]2C[C@@H](C)C[C@H](C1)C21c2ccccc2S(=O)(=O)c2cc(N(c3ccccc3)c3ccc(-n4c5ccccc5c5ccccc54)cc3)ccc21. The minimum Gasteiger partial charge on any atom is -0.310 e. The van der Waals surface area contributed by atoms with Crippen LogP contribution < -0.4 is 4.90 Å². The van der Waals surface area contributed by atoms with E-state index in [-0.39, 0.29) is 5.41 Å². The minimum absolute atomic E-state index is 0.295. The molecular formula is C47H42N2O2S.